The van der Waals surface area contributed by atoms with Crippen LogP contribution in [0.3, 0.4) is 0 Å². The number of aromatic nitrogens is 1. The predicted octanol–water partition coefficient (Wildman–Crippen LogP) is 7.43. The van der Waals surface area contributed by atoms with Crippen molar-refractivity contribution >= 4 is 39.2 Å². The molecule has 3 atom stereocenters. The smallest absolute Gasteiger partial charge is 0.217 e. The molecule has 0 bridgehead atoms. The molecule has 1 fully saturated rings. The second kappa shape index (κ2) is 13.2. The van der Waals surface area contributed by atoms with E-state index < -0.39 is 6.29 Å². The van der Waals surface area contributed by atoms with Gasteiger partial charge in [-0.3, -0.25) is 4.79 Å². The third-order valence-electron chi connectivity index (χ3n) is 7.24. The number of hydrogen-bond acceptors (Lipinski definition) is 7. The molecule has 0 spiro atoms. The number of aliphatic hydroxyl groups excluding tert-OH is 1. The molecular weight excluding hydrogens is 565 g/mol. The number of carbonyl (C=O) groups excluding carboxylic acids is 1. The van der Waals surface area contributed by atoms with E-state index in [1.165, 1.54) is 11.6 Å². The number of thiazole rings is 1. The van der Waals surface area contributed by atoms with E-state index in [9.17, 15) is 9.90 Å². The fourth-order valence-corrected chi connectivity index (χ4v) is 7.16. The van der Waals surface area contributed by atoms with Gasteiger partial charge in [0.2, 0.25) is 5.91 Å². The van der Waals surface area contributed by atoms with E-state index in [1.54, 1.807) is 23.1 Å². The Morgan fingerprint density at radius 1 is 0.929 bits per heavy atom. The Morgan fingerprint density at radius 3 is 2.50 bits per heavy atom. The number of nitrogens with one attached hydrogen (secondary N) is 1. The minimum Gasteiger partial charge on any atom is -0.392 e. The summed E-state index contributed by atoms with van der Waals surface area (Å²) in [6.07, 6.45) is -0.0163. The molecule has 1 aromatic heterocycles. The van der Waals surface area contributed by atoms with E-state index in [-0.39, 0.29) is 24.7 Å². The van der Waals surface area contributed by atoms with Gasteiger partial charge in [0.25, 0.3) is 0 Å². The lowest BCUT2D eigenvalue weighted by molar-refractivity contribution is -0.245. The highest BCUT2D eigenvalue weighted by molar-refractivity contribution is 8.01. The van der Waals surface area contributed by atoms with Gasteiger partial charge in [0.05, 0.1) is 29.0 Å². The molecular formula is C34H32N2O4S2. The van der Waals surface area contributed by atoms with Gasteiger partial charge in [0.1, 0.15) is 0 Å². The molecule has 6 nitrogen and oxygen atoms in total. The second-order valence-corrected chi connectivity index (χ2v) is 12.6. The molecule has 3 unspecified atom stereocenters. The van der Waals surface area contributed by atoms with E-state index in [4.69, 9.17) is 14.5 Å². The van der Waals surface area contributed by atoms with Gasteiger partial charge >= 0.3 is 0 Å². The van der Waals surface area contributed by atoms with Gasteiger partial charge in [-0.25, -0.2) is 4.98 Å². The van der Waals surface area contributed by atoms with Crippen molar-refractivity contribution in [1.29, 1.82) is 0 Å². The quantitative estimate of drug-likeness (QED) is 0.172. The topological polar surface area (TPSA) is 80.7 Å². The van der Waals surface area contributed by atoms with Crippen LogP contribution in [0.5, 0.6) is 0 Å². The molecule has 6 rings (SSSR count). The third kappa shape index (κ3) is 6.91. The van der Waals surface area contributed by atoms with Crippen molar-refractivity contribution in [2.45, 2.75) is 49.3 Å². The van der Waals surface area contributed by atoms with Gasteiger partial charge in [0, 0.05) is 31.2 Å². The summed E-state index contributed by atoms with van der Waals surface area (Å²) in [4.78, 5) is 16.2. The van der Waals surface area contributed by atoms with Crippen LogP contribution >= 0.6 is 23.1 Å². The average molecular weight is 597 g/mol. The largest absolute Gasteiger partial charge is 0.392 e. The van der Waals surface area contributed by atoms with Crippen LogP contribution in [-0.2, 0) is 27.4 Å². The molecule has 214 valence electrons. The average Bonchev–Trinajstić information content (AvgIpc) is 3.46. The number of thioether (sulfide) groups is 1. The Balaban J connectivity index is 1.24. The maximum absolute atomic E-state index is 11.4. The number of rotatable bonds is 9. The summed E-state index contributed by atoms with van der Waals surface area (Å²) in [6.45, 7) is 2.02. The Kier molecular flexibility index (Phi) is 8.98. The highest BCUT2D eigenvalue weighted by Gasteiger charge is 2.32. The van der Waals surface area contributed by atoms with Crippen LogP contribution in [0, 0.1) is 0 Å². The summed E-state index contributed by atoms with van der Waals surface area (Å²) in [5.74, 6) is 0.709. The van der Waals surface area contributed by atoms with Crippen molar-refractivity contribution in [3.8, 4) is 11.1 Å². The number of fused-ring (bicyclic) bond motifs is 1. The standard InChI is InChI=1S/C34H32N2O4S2/c1-22(38)35-19-24-6-4-7-26(16-24)27-8-5-9-28(17-27)33-39-29(18-31(40-33)25-14-12-23(20-37)13-15-25)21-41-34-36-30-10-2-3-11-32(30)42-34/h2-17,29,31,33,37H,18-21H2,1H3,(H,35,38). The maximum Gasteiger partial charge on any atom is 0.217 e. The fraction of sp³-hybridized carbons (Fsp3) is 0.235. The summed E-state index contributed by atoms with van der Waals surface area (Å²) in [5, 5.41) is 12.4. The molecule has 2 N–H and O–H groups in total. The summed E-state index contributed by atoms with van der Waals surface area (Å²) < 4.78 is 15.4. The van der Waals surface area contributed by atoms with Crippen molar-refractivity contribution in [1.82, 2.24) is 10.3 Å². The first-order valence-electron chi connectivity index (χ1n) is 14.0. The monoisotopic (exact) mass is 596 g/mol. The Bertz CT molecular complexity index is 1640. The first-order valence-corrected chi connectivity index (χ1v) is 15.8. The molecule has 0 saturated carbocycles. The lowest BCUT2D eigenvalue weighted by Crippen LogP contribution is -2.31. The number of aliphatic hydroxyl groups is 1. The van der Waals surface area contributed by atoms with Crippen molar-refractivity contribution < 1.29 is 19.4 Å². The molecule has 0 radical (unpaired) electrons. The number of amides is 1. The number of hydrogen-bond donors (Lipinski definition) is 2. The molecule has 1 aliphatic heterocycles. The van der Waals surface area contributed by atoms with Crippen LogP contribution in [-0.4, -0.2) is 27.9 Å². The highest BCUT2D eigenvalue weighted by atomic mass is 32.2. The molecule has 1 saturated heterocycles. The van der Waals surface area contributed by atoms with E-state index in [2.05, 4.69) is 35.6 Å². The van der Waals surface area contributed by atoms with Gasteiger partial charge in [-0.2, -0.15) is 0 Å². The summed E-state index contributed by atoms with van der Waals surface area (Å²) >= 11 is 3.43. The van der Waals surface area contributed by atoms with Crippen molar-refractivity contribution in [3.05, 3.63) is 119 Å². The lowest BCUT2D eigenvalue weighted by atomic mass is 9.99. The fourth-order valence-electron chi connectivity index (χ4n) is 5.05. The molecule has 8 heteroatoms. The number of ether oxygens (including phenoxy) is 2. The third-order valence-corrected chi connectivity index (χ3v) is 9.55. The maximum atomic E-state index is 11.4. The summed E-state index contributed by atoms with van der Waals surface area (Å²) in [5.41, 5.74) is 7.07. The van der Waals surface area contributed by atoms with Gasteiger partial charge in [-0.15, -0.1) is 11.3 Å². The van der Waals surface area contributed by atoms with Gasteiger partial charge in [0.15, 0.2) is 10.6 Å². The van der Waals surface area contributed by atoms with E-state index in [0.29, 0.717) is 6.54 Å². The first kappa shape index (κ1) is 28.6. The molecule has 2 heterocycles. The van der Waals surface area contributed by atoms with Crippen molar-refractivity contribution in [2.24, 2.45) is 0 Å². The van der Waals surface area contributed by atoms with E-state index >= 15 is 0 Å². The Labute approximate surface area is 253 Å². The van der Waals surface area contributed by atoms with Crippen molar-refractivity contribution in [3.63, 3.8) is 0 Å². The SMILES string of the molecule is CC(=O)NCc1cccc(-c2cccc(C3OC(CSc4nc5ccccc5s4)CC(c4ccc(CO)cc4)O3)c2)c1. The van der Waals surface area contributed by atoms with Gasteiger partial charge in [-0.1, -0.05) is 84.6 Å². The normalized spacial score (nSPS) is 18.7. The van der Waals surface area contributed by atoms with Crippen LogP contribution in [0.15, 0.2) is 101 Å². The van der Waals surface area contributed by atoms with Crippen LogP contribution in [0.25, 0.3) is 21.3 Å². The van der Waals surface area contributed by atoms with E-state index in [1.807, 2.05) is 66.7 Å². The minimum atomic E-state index is -0.537. The Morgan fingerprint density at radius 2 is 1.71 bits per heavy atom. The van der Waals surface area contributed by atoms with Crippen LogP contribution < -0.4 is 5.32 Å². The number of benzene rings is 4. The zero-order valence-electron chi connectivity index (χ0n) is 23.2. The molecule has 5 aromatic rings. The summed E-state index contributed by atoms with van der Waals surface area (Å²) in [6, 6.07) is 32.6. The molecule has 1 aliphatic rings. The van der Waals surface area contributed by atoms with Crippen LogP contribution in [0.1, 0.15) is 48.0 Å². The first-order chi connectivity index (χ1) is 20.5. The van der Waals surface area contributed by atoms with Crippen LogP contribution in [0.4, 0.5) is 0 Å². The zero-order valence-corrected chi connectivity index (χ0v) is 24.9. The number of para-hydroxylation sites is 1. The number of nitrogens with zero attached hydrogens (tertiary/aromatic N) is 1. The van der Waals surface area contributed by atoms with Crippen LogP contribution in [0.2, 0.25) is 0 Å². The van der Waals surface area contributed by atoms with E-state index in [0.717, 1.165) is 55.4 Å². The molecule has 0 aliphatic carbocycles. The van der Waals surface area contributed by atoms with Crippen molar-refractivity contribution in [2.75, 3.05) is 5.75 Å². The second-order valence-electron chi connectivity index (χ2n) is 10.3. The highest BCUT2D eigenvalue weighted by Crippen LogP contribution is 2.41. The molecule has 1 amide bonds. The predicted molar refractivity (Wildman–Crippen MR) is 168 cm³/mol. The number of carbonyl (C=O) groups is 1. The van der Waals surface area contributed by atoms with Gasteiger partial charge in [-0.05, 0) is 52.1 Å². The zero-order chi connectivity index (χ0) is 28.9. The van der Waals surface area contributed by atoms with Gasteiger partial charge < -0.3 is 19.9 Å². The molecule has 4 aromatic carbocycles. The summed E-state index contributed by atoms with van der Waals surface area (Å²) in [7, 11) is 0. The Hall–Kier alpha value is -3.53. The lowest BCUT2D eigenvalue weighted by Gasteiger charge is -2.36. The minimum absolute atomic E-state index is 0.0117. The molecule has 42 heavy (non-hydrogen) atoms.